The van der Waals surface area contributed by atoms with Crippen molar-refractivity contribution in [1.82, 2.24) is 0 Å². The maximum atomic E-state index is 10.2. The number of nitriles is 1. The van der Waals surface area contributed by atoms with Crippen molar-refractivity contribution in [3.05, 3.63) is 79.4 Å². The number of nitrogens with zero attached hydrogens (tertiary/aromatic N) is 1. The molecule has 0 aliphatic carbocycles. The first kappa shape index (κ1) is 20.5. The number of hydrogen-bond acceptors (Lipinski definition) is 3. The molecule has 0 aliphatic heterocycles. The zero-order valence-electron chi connectivity index (χ0n) is 12.6. The van der Waals surface area contributed by atoms with Crippen LogP contribution in [0.3, 0.4) is 0 Å². The molecule has 1 rings (SSSR count). The number of benzene rings is 1. The SMILES string of the molecule is C=C.C=C(C)C(=O)OC.N#CC=CC=Cc1ccccc1. The van der Waals surface area contributed by atoms with Gasteiger partial charge in [0, 0.05) is 11.6 Å². The van der Waals surface area contributed by atoms with Gasteiger partial charge in [0.1, 0.15) is 0 Å². The van der Waals surface area contributed by atoms with Crippen LogP contribution in [-0.4, -0.2) is 13.1 Å². The lowest BCUT2D eigenvalue weighted by molar-refractivity contribution is -0.136. The van der Waals surface area contributed by atoms with Gasteiger partial charge < -0.3 is 4.74 Å². The Morgan fingerprint density at radius 1 is 1.24 bits per heavy atom. The summed E-state index contributed by atoms with van der Waals surface area (Å²) in [6, 6.07) is 11.9. The molecule has 3 nitrogen and oxygen atoms in total. The molecule has 21 heavy (non-hydrogen) atoms. The van der Waals surface area contributed by atoms with Crippen LogP contribution in [0.1, 0.15) is 12.5 Å². The zero-order valence-corrected chi connectivity index (χ0v) is 12.6. The average molecular weight is 283 g/mol. The van der Waals surface area contributed by atoms with E-state index in [4.69, 9.17) is 5.26 Å². The van der Waals surface area contributed by atoms with E-state index in [1.165, 1.54) is 13.2 Å². The lowest BCUT2D eigenvalue weighted by Crippen LogP contribution is -1.98. The van der Waals surface area contributed by atoms with E-state index in [0.717, 1.165) is 5.56 Å². The molecule has 0 unspecified atom stereocenters. The fourth-order valence-corrected chi connectivity index (χ4v) is 1.00. The van der Waals surface area contributed by atoms with Crippen LogP contribution in [0, 0.1) is 11.3 Å². The van der Waals surface area contributed by atoms with Crippen LogP contribution in [-0.2, 0) is 9.53 Å². The minimum atomic E-state index is -0.347. The van der Waals surface area contributed by atoms with E-state index in [1.807, 2.05) is 48.6 Å². The molecular formula is C18H21NO2. The first-order valence-corrected chi connectivity index (χ1v) is 6.13. The second-order valence-electron chi connectivity index (χ2n) is 3.53. The number of ether oxygens (including phenoxy) is 1. The quantitative estimate of drug-likeness (QED) is 0.273. The smallest absolute Gasteiger partial charge is 0.332 e. The number of esters is 1. The summed E-state index contributed by atoms with van der Waals surface area (Å²) in [5.41, 5.74) is 1.57. The van der Waals surface area contributed by atoms with Crippen molar-refractivity contribution in [3.8, 4) is 6.07 Å². The normalized spacial score (nSPS) is 8.81. The molecule has 0 fully saturated rings. The van der Waals surface area contributed by atoms with E-state index in [9.17, 15) is 4.79 Å². The minimum Gasteiger partial charge on any atom is -0.466 e. The Labute approximate surface area is 127 Å². The molecule has 110 valence electrons. The van der Waals surface area contributed by atoms with Crippen LogP contribution in [0.2, 0.25) is 0 Å². The highest BCUT2D eigenvalue weighted by molar-refractivity contribution is 5.86. The Balaban J connectivity index is 0. The number of allylic oxidation sites excluding steroid dienone is 3. The van der Waals surface area contributed by atoms with E-state index in [1.54, 1.807) is 13.0 Å². The molecule has 0 N–H and O–H groups in total. The third-order valence-corrected chi connectivity index (χ3v) is 1.90. The first-order chi connectivity index (χ1) is 10.1. The Kier molecular flexibility index (Phi) is 14.8. The van der Waals surface area contributed by atoms with Crippen LogP contribution < -0.4 is 0 Å². The van der Waals surface area contributed by atoms with Crippen molar-refractivity contribution >= 4 is 12.0 Å². The summed E-state index contributed by atoms with van der Waals surface area (Å²) in [7, 11) is 1.33. The second-order valence-corrected chi connectivity index (χ2v) is 3.53. The highest BCUT2D eigenvalue weighted by atomic mass is 16.5. The van der Waals surface area contributed by atoms with Gasteiger partial charge >= 0.3 is 5.97 Å². The molecule has 0 aliphatic rings. The molecule has 1 aromatic rings. The predicted octanol–water partition coefficient (Wildman–Crippen LogP) is 4.32. The highest BCUT2D eigenvalue weighted by Gasteiger charge is 1.95. The minimum absolute atomic E-state index is 0.347. The highest BCUT2D eigenvalue weighted by Crippen LogP contribution is 2.00. The van der Waals surface area contributed by atoms with Gasteiger partial charge in [-0.3, -0.25) is 0 Å². The summed E-state index contributed by atoms with van der Waals surface area (Å²) in [6.07, 6.45) is 6.96. The molecule has 0 atom stereocenters. The molecule has 1 aromatic carbocycles. The van der Waals surface area contributed by atoms with Crippen LogP contribution in [0.25, 0.3) is 6.08 Å². The van der Waals surface area contributed by atoms with Crippen molar-refractivity contribution in [2.75, 3.05) is 7.11 Å². The van der Waals surface area contributed by atoms with Gasteiger partial charge in [0.05, 0.1) is 13.2 Å². The Bertz CT molecular complexity index is 508. The van der Waals surface area contributed by atoms with E-state index < -0.39 is 0 Å². The molecule has 0 spiro atoms. The summed E-state index contributed by atoms with van der Waals surface area (Å²) < 4.78 is 4.27. The monoisotopic (exact) mass is 283 g/mol. The molecule has 0 saturated heterocycles. The number of carbonyl (C=O) groups excluding carboxylic acids is 1. The molecule has 3 heteroatoms. The van der Waals surface area contributed by atoms with Crippen LogP contribution in [0.4, 0.5) is 0 Å². The lowest BCUT2D eigenvalue weighted by atomic mass is 10.2. The van der Waals surface area contributed by atoms with Crippen molar-refractivity contribution in [3.63, 3.8) is 0 Å². The molecule has 0 radical (unpaired) electrons. The Morgan fingerprint density at radius 3 is 2.19 bits per heavy atom. The average Bonchev–Trinajstić information content (AvgIpc) is 2.54. The molecule has 0 saturated carbocycles. The summed E-state index contributed by atoms with van der Waals surface area (Å²) in [6.45, 7) is 11.0. The number of carbonyl (C=O) groups is 1. The number of hydrogen-bond donors (Lipinski definition) is 0. The zero-order chi connectivity index (χ0) is 16.5. The molecule has 0 bridgehead atoms. The number of methoxy groups -OCH3 is 1. The van der Waals surface area contributed by atoms with E-state index in [2.05, 4.69) is 24.5 Å². The van der Waals surface area contributed by atoms with Crippen LogP contribution in [0.5, 0.6) is 0 Å². The van der Waals surface area contributed by atoms with Gasteiger partial charge in [-0.15, -0.1) is 13.2 Å². The van der Waals surface area contributed by atoms with Crippen molar-refractivity contribution in [1.29, 1.82) is 5.26 Å². The maximum absolute atomic E-state index is 10.2. The lowest BCUT2D eigenvalue weighted by Gasteiger charge is -1.91. The van der Waals surface area contributed by atoms with Crippen LogP contribution >= 0.6 is 0 Å². The van der Waals surface area contributed by atoms with Gasteiger partial charge in [-0.1, -0.05) is 55.1 Å². The van der Waals surface area contributed by atoms with E-state index in [-0.39, 0.29) is 5.97 Å². The Hall–Kier alpha value is -2.86. The van der Waals surface area contributed by atoms with Crippen molar-refractivity contribution in [2.24, 2.45) is 0 Å². The van der Waals surface area contributed by atoms with Crippen LogP contribution in [0.15, 0.2) is 73.9 Å². The van der Waals surface area contributed by atoms with Crippen molar-refractivity contribution in [2.45, 2.75) is 6.92 Å². The third-order valence-electron chi connectivity index (χ3n) is 1.90. The second kappa shape index (κ2) is 15.2. The summed E-state index contributed by atoms with van der Waals surface area (Å²) in [5.74, 6) is -0.347. The fraction of sp³-hybridized carbons (Fsp3) is 0.111. The fourth-order valence-electron chi connectivity index (χ4n) is 1.00. The maximum Gasteiger partial charge on any atom is 0.332 e. The van der Waals surface area contributed by atoms with Gasteiger partial charge in [-0.2, -0.15) is 5.26 Å². The number of rotatable bonds is 3. The van der Waals surface area contributed by atoms with Gasteiger partial charge in [-0.05, 0) is 12.5 Å². The van der Waals surface area contributed by atoms with Gasteiger partial charge in [0.2, 0.25) is 0 Å². The van der Waals surface area contributed by atoms with Gasteiger partial charge in [0.15, 0.2) is 0 Å². The summed E-state index contributed by atoms with van der Waals surface area (Å²) in [4.78, 5) is 10.2. The van der Waals surface area contributed by atoms with Crippen molar-refractivity contribution < 1.29 is 9.53 Å². The topological polar surface area (TPSA) is 50.1 Å². The largest absolute Gasteiger partial charge is 0.466 e. The van der Waals surface area contributed by atoms with Gasteiger partial charge in [-0.25, -0.2) is 4.79 Å². The van der Waals surface area contributed by atoms with E-state index in [0.29, 0.717) is 5.57 Å². The summed E-state index contributed by atoms with van der Waals surface area (Å²) >= 11 is 0. The Morgan fingerprint density at radius 2 is 1.81 bits per heavy atom. The molecule has 0 aromatic heterocycles. The first-order valence-electron chi connectivity index (χ1n) is 6.13. The molecule has 0 amide bonds. The third kappa shape index (κ3) is 13.4. The standard InChI is InChI=1S/C11H9N.C5H8O2.C2H4/c12-10-6-2-5-9-11-7-3-1-4-8-11;1-4(2)5(6)7-3;1-2/h1-9H;1H2,2-3H3;1-2H2. The van der Waals surface area contributed by atoms with E-state index >= 15 is 0 Å². The van der Waals surface area contributed by atoms with Gasteiger partial charge in [0.25, 0.3) is 0 Å². The predicted molar refractivity (Wildman–Crippen MR) is 88.3 cm³/mol. The molecular weight excluding hydrogens is 262 g/mol. The summed E-state index contributed by atoms with van der Waals surface area (Å²) in [5, 5.41) is 8.19. The molecule has 0 heterocycles.